The maximum atomic E-state index is 13.0. The van der Waals surface area contributed by atoms with Crippen LogP contribution in [0.15, 0.2) is 42.0 Å². The molecule has 0 atom stereocenters. The van der Waals surface area contributed by atoms with Gasteiger partial charge in [0.05, 0.1) is 12.1 Å². The zero-order valence-electron chi connectivity index (χ0n) is 13.3. The van der Waals surface area contributed by atoms with Crippen LogP contribution in [0.1, 0.15) is 15.9 Å². The molecule has 134 valence electrons. The Morgan fingerprint density at radius 2 is 1.92 bits per heavy atom. The number of benzene rings is 2. The van der Waals surface area contributed by atoms with Crippen molar-refractivity contribution in [3.63, 3.8) is 0 Å². The summed E-state index contributed by atoms with van der Waals surface area (Å²) in [6.45, 7) is -3.10. The van der Waals surface area contributed by atoms with Crippen molar-refractivity contribution in [3.8, 4) is 17.6 Å². The highest BCUT2D eigenvalue weighted by atomic mass is 35.5. The molecule has 0 aliphatic heterocycles. The Hall–Kier alpha value is -2.98. The Balaban J connectivity index is 2.42. The van der Waals surface area contributed by atoms with E-state index in [1.807, 2.05) is 0 Å². The number of Topliss-reactive ketones (excluding diaryl/α,β-unsaturated/α-hetero) is 1. The van der Waals surface area contributed by atoms with Gasteiger partial charge in [-0.3, -0.25) is 4.79 Å². The minimum Gasteiger partial charge on any atom is -0.493 e. The lowest BCUT2D eigenvalue weighted by Gasteiger charge is -2.12. The van der Waals surface area contributed by atoms with Crippen LogP contribution in [0.3, 0.4) is 0 Å². The quantitative estimate of drug-likeness (QED) is 0.406. The van der Waals surface area contributed by atoms with Gasteiger partial charge < -0.3 is 9.47 Å². The Morgan fingerprint density at radius 1 is 1.27 bits per heavy atom. The van der Waals surface area contributed by atoms with Gasteiger partial charge in [0.15, 0.2) is 11.5 Å². The molecule has 0 saturated carbocycles. The summed E-state index contributed by atoms with van der Waals surface area (Å²) >= 11 is 5.92. The van der Waals surface area contributed by atoms with Crippen molar-refractivity contribution < 1.29 is 27.4 Å². The number of ether oxygens (including phenoxy) is 2. The fourth-order valence-electron chi connectivity index (χ4n) is 2.10. The molecule has 0 amide bonds. The van der Waals surface area contributed by atoms with Crippen molar-refractivity contribution >= 4 is 23.5 Å². The second-order valence-electron chi connectivity index (χ2n) is 4.92. The second kappa shape index (κ2) is 8.41. The number of ketones is 1. The summed E-state index contributed by atoms with van der Waals surface area (Å²) in [6.07, 6.45) is 1.21. The molecule has 0 aliphatic carbocycles. The van der Waals surface area contributed by atoms with E-state index in [1.165, 1.54) is 37.5 Å². The molecular weight excluding hydrogens is 371 g/mol. The third kappa shape index (κ3) is 4.55. The number of allylic oxidation sites excluding steroid dienone is 1. The van der Waals surface area contributed by atoms with E-state index in [4.69, 9.17) is 16.3 Å². The predicted octanol–water partition coefficient (Wildman–Crippen LogP) is 4.88. The third-order valence-corrected chi connectivity index (χ3v) is 3.52. The standard InChI is InChI=1S/C18H11ClF3NO3/c1-25-15-8-10(7-14(19)17(15)26-18(21)22)6-12(9-23)16(24)11-2-4-13(20)5-3-11/h2-8,18H,1H3/b12-6+. The molecule has 0 fully saturated rings. The molecule has 0 spiro atoms. The molecule has 0 radical (unpaired) electrons. The van der Waals surface area contributed by atoms with Gasteiger partial charge >= 0.3 is 6.61 Å². The monoisotopic (exact) mass is 381 g/mol. The highest BCUT2D eigenvalue weighted by molar-refractivity contribution is 6.32. The number of hydrogen-bond donors (Lipinski definition) is 0. The molecule has 0 heterocycles. The molecule has 0 unspecified atom stereocenters. The van der Waals surface area contributed by atoms with Crippen molar-refractivity contribution in [2.75, 3.05) is 7.11 Å². The van der Waals surface area contributed by atoms with Crippen LogP contribution in [-0.4, -0.2) is 19.5 Å². The predicted molar refractivity (Wildman–Crippen MR) is 89.0 cm³/mol. The normalized spacial score (nSPS) is 11.2. The smallest absolute Gasteiger partial charge is 0.387 e. The third-order valence-electron chi connectivity index (χ3n) is 3.24. The van der Waals surface area contributed by atoms with Gasteiger partial charge in [0, 0.05) is 5.56 Å². The van der Waals surface area contributed by atoms with E-state index in [-0.39, 0.29) is 33.2 Å². The molecule has 2 aromatic rings. The van der Waals surface area contributed by atoms with E-state index in [0.717, 1.165) is 12.1 Å². The van der Waals surface area contributed by atoms with Gasteiger partial charge in [-0.15, -0.1) is 0 Å². The average Bonchev–Trinajstić information content (AvgIpc) is 2.61. The van der Waals surface area contributed by atoms with Gasteiger partial charge in [0.1, 0.15) is 17.5 Å². The molecule has 2 rings (SSSR count). The zero-order valence-corrected chi connectivity index (χ0v) is 14.1. The highest BCUT2D eigenvalue weighted by Gasteiger charge is 2.17. The first-order valence-electron chi connectivity index (χ1n) is 7.10. The van der Waals surface area contributed by atoms with Crippen molar-refractivity contribution in [2.45, 2.75) is 6.61 Å². The number of rotatable bonds is 6. The fraction of sp³-hybridized carbons (Fsp3) is 0.111. The Kier molecular flexibility index (Phi) is 6.26. The minimum absolute atomic E-state index is 0.0874. The van der Waals surface area contributed by atoms with Crippen LogP contribution in [0.25, 0.3) is 6.08 Å². The molecule has 8 heteroatoms. The van der Waals surface area contributed by atoms with E-state index in [9.17, 15) is 23.2 Å². The molecule has 0 N–H and O–H groups in total. The maximum Gasteiger partial charge on any atom is 0.387 e. The summed E-state index contributed by atoms with van der Waals surface area (Å²) in [4.78, 5) is 12.3. The molecule has 0 bridgehead atoms. The Bertz CT molecular complexity index is 890. The van der Waals surface area contributed by atoms with Gasteiger partial charge in [-0.05, 0) is 48.0 Å². The first kappa shape index (κ1) is 19.3. The molecule has 0 aliphatic rings. The van der Waals surface area contributed by atoms with E-state index in [0.29, 0.717) is 0 Å². The van der Waals surface area contributed by atoms with Gasteiger partial charge in [-0.2, -0.15) is 14.0 Å². The lowest BCUT2D eigenvalue weighted by molar-refractivity contribution is -0.0511. The van der Waals surface area contributed by atoms with Crippen LogP contribution in [-0.2, 0) is 0 Å². The SMILES string of the molecule is COc1cc(/C=C(\C#N)C(=O)c2ccc(F)cc2)cc(Cl)c1OC(F)F. The first-order chi connectivity index (χ1) is 12.3. The number of alkyl halides is 2. The van der Waals surface area contributed by atoms with E-state index < -0.39 is 18.2 Å². The lowest BCUT2D eigenvalue weighted by atomic mass is 10.0. The first-order valence-corrected chi connectivity index (χ1v) is 7.48. The summed E-state index contributed by atoms with van der Waals surface area (Å²) in [7, 11) is 1.23. The number of hydrogen-bond acceptors (Lipinski definition) is 4. The van der Waals surface area contributed by atoms with Crippen LogP contribution in [0.4, 0.5) is 13.2 Å². The van der Waals surface area contributed by atoms with E-state index >= 15 is 0 Å². The number of halogens is 4. The van der Waals surface area contributed by atoms with Crippen LogP contribution in [0.5, 0.6) is 11.5 Å². The summed E-state index contributed by atoms with van der Waals surface area (Å²) in [6, 6.07) is 8.97. The van der Waals surface area contributed by atoms with Crippen LogP contribution in [0.2, 0.25) is 5.02 Å². The Labute approximate surface area is 152 Å². The summed E-state index contributed by atoms with van der Waals surface area (Å²) < 4.78 is 47.1. The topological polar surface area (TPSA) is 59.3 Å². The Morgan fingerprint density at radius 3 is 2.46 bits per heavy atom. The molecule has 4 nitrogen and oxygen atoms in total. The molecule has 0 saturated heterocycles. The highest BCUT2D eigenvalue weighted by Crippen LogP contribution is 2.38. The number of carbonyl (C=O) groups excluding carboxylic acids is 1. The van der Waals surface area contributed by atoms with Crippen molar-refractivity contribution in [1.82, 2.24) is 0 Å². The van der Waals surface area contributed by atoms with Crippen LogP contribution >= 0.6 is 11.6 Å². The molecule has 0 aromatic heterocycles. The van der Waals surface area contributed by atoms with Gasteiger partial charge in [0.2, 0.25) is 5.78 Å². The number of methoxy groups -OCH3 is 1. The second-order valence-corrected chi connectivity index (χ2v) is 5.33. The number of nitriles is 1. The maximum absolute atomic E-state index is 13.0. The van der Waals surface area contributed by atoms with Gasteiger partial charge in [-0.1, -0.05) is 11.6 Å². The minimum atomic E-state index is -3.10. The van der Waals surface area contributed by atoms with Crippen molar-refractivity contribution in [1.29, 1.82) is 5.26 Å². The molecular formula is C18H11ClF3NO3. The summed E-state index contributed by atoms with van der Waals surface area (Å²) in [5.74, 6) is -1.59. The van der Waals surface area contributed by atoms with Gasteiger partial charge in [0.25, 0.3) is 0 Å². The summed E-state index contributed by atoms with van der Waals surface area (Å²) in [5.41, 5.74) is 0.132. The fourth-order valence-corrected chi connectivity index (χ4v) is 2.36. The largest absolute Gasteiger partial charge is 0.493 e. The van der Waals surface area contributed by atoms with Crippen LogP contribution in [0, 0.1) is 17.1 Å². The number of carbonyl (C=O) groups is 1. The molecule has 26 heavy (non-hydrogen) atoms. The molecule has 2 aromatic carbocycles. The van der Waals surface area contributed by atoms with E-state index in [1.54, 1.807) is 6.07 Å². The lowest BCUT2D eigenvalue weighted by Crippen LogP contribution is -2.05. The van der Waals surface area contributed by atoms with E-state index in [2.05, 4.69) is 4.74 Å². The van der Waals surface area contributed by atoms with Crippen LogP contribution < -0.4 is 9.47 Å². The van der Waals surface area contributed by atoms with Crippen molar-refractivity contribution in [2.24, 2.45) is 0 Å². The number of nitrogens with zero attached hydrogens (tertiary/aromatic N) is 1. The average molecular weight is 382 g/mol. The van der Waals surface area contributed by atoms with Crippen molar-refractivity contribution in [3.05, 3.63) is 63.9 Å². The summed E-state index contributed by atoms with van der Waals surface area (Å²) in [5, 5.41) is 9.06. The van der Waals surface area contributed by atoms with Gasteiger partial charge in [-0.25, -0.2) is 4.39 Å². The zero-order chi connectivity index (χ0) is 19.3.